The molecule has 1 N–H and O–H groups in total. The van der Waals surface area contributed by atoms with Gasteiger partial charge in [0, 0.05) is 12.5 Å². The quantitative estimate of drug-likeness (QED) is 0.858. The number of likely N-dealkylation sites (N-methyl/N-ethyl adjacent to an activating group) is 1. The maximum atomic E-state index is 5.50. The summed E-state index contributed by atoms with van der Waals surface area (Å²) in [4.78, 5) is 4.60. The molecule has 0 saturated heterocycles. The van der Waals surface area contributed by atoms with Crippen molar-refractivity contribution in [2.75, 3.05) is 6.54 Å². The van der Waals surface area contributed by atoms with Gasteiger partial charge >= 0.3 is 0 Å². The van der Waals surface area contributed by atoms with Crippen molar-refractivity contribution in [3.8, 4) is 0 Å². The molecule has 4 heteroatoms. The lowest BCUT2D eigenvalue weighted by atomic mass is 9.89. The Bertz CT molecular complexity index is 379. The Morgan fingerprint density at radius 3 is 2.32 bits per heavy atom. The van der Waals surface area contributed by atoms with Crippen molar-refractivity contribution in [2.24, 2.45) is 11.3 Å². The minimum atomic E-state index is 0.182. The van der Waals surface area contributed by atoms with Crippen molar-refractivity contribution < 1.29 is 4.52 Å². The first kappa shape index (κ1) is 16.2. The average molecular weight is 267 g/mol. The highest BCUT2D eigenvalue weighted by molar-refractivity contribution is 5.01. The van der Waals surface area contributed by atoms with Crippen LogP contribution < -0.4 is 5.32 Å². The summed E-state index contributed by atoms with van der Waals surface area (Å²) < 4.78 is 5.50. The number of nitrogens with one attached hydrogen (secondary N) is 1. The summed E-state index contributed by atoms with van der Waals surface area (Å²) in [6.45, 7) is 16.2. The molecular weight excluding hydrogens is 238 g/mol. The lowest BCUT2D eigenvalue weighted by molar-refractivity contribution is 0.279. The van der Waals surface area contributed by atoms with E-state index in [0.717, 1.165) is 24.7 Å². The number of nitrogens with zero attached hydrogens (tertiary/aromatic N) is 2. The molecule has 19 heavy (non-hydrogen) atoms. The molecular formula is C15H29N3O. The van der Waals surface area contributed by atoms with E-state index in [0.29, 0.717) is 12.0 Å². The van der Waals surface area contributed by atoms with Crippen LogP contribution in [0.3, 0.4) is 0 Å². The van der Waals surface area contributed by atoms with Gasteiger partial charge in [0.25, 0.3) is 0 Å². The van der Waals surface area contributed by atoms with E-state index in [1.165, 1.54) is 0 Å². The third kappa shape index (κ3) is 4.94. The van der Waals surface area contributed by atoms with Crippen LogP contribution in [-0.2, 0) is 6.42 Å². The topological polar surface area (TPSA) is 51.0 Å². The summed E-state index contributed by atoms with van der Waals surface area (Å²) in [5.74, 6) is 2.32. The van der Waals surface area contributed by atoms with E-state index >= 15 is 0 Å². The first-order valence-electron chi connectivity index (χ1n) is 7.30. The molecule has 0 spiro atoms. The van der Waals surface area contributed by atoms with E-state index in [1.807, 2.05) is 0 Å². The van der Waals surface area contributed by atoms with Gasteiger partial charge < -0.3 is 9.84 Å². The van der Waals surface area contributed by atoms with Crippen LogP contribution in [0.25, 0.3) is 0 Å². The fraction of sp³-hybridized carbons (Fsp3) is 0.867. The SMILES string of the molecule is CCNC(C)C(c1nc(CC(C)(C)C)no1)C(C)C. The van der Waals surface area contributed by atoms with E-state index in [4.69, 9.17) is 4.52 Å². The minimum Gasteiger partial charge on any atom is -0.339 e. The fourth-order valence-electron chi connectivity index (χ4n) is 2.47. The molecule has 110 valence electrons. The van der Waals surface area contributed by atoms with Crippen molar-refractivity contribution in [3.63, 3.8) is 0 Å². The van der Waals surface area contributed by atoms with Crippen molar-refractivity contribution in [1.82, 2.24) is 15.5 Å². The second-order valence-electron chi connectivity index (χ2n) is 6.90. The Labute approximate surface area is 117 Å². The third-order valence-corrected chi connectivity index (χ3v) is 3.24. The third-order valence-electron chi connectivity index (χ3n) is 3.24. The van der Waals surface area contributed by atoms with Crippen LogP contribution in [-0.4, -0.2) is 22.7 Å². The zero-order valence-corrected chi connectivity index (χ0v) is 13.4. The normalized spacial score (nSPS) is 15.8. The first-order valence-corrected chi connectivity index (χ1v) is 7.30. The summed E-state index contributed by atoms with van der Waals surface area (Å²) in [7, 11) is 0. The van der Waals surface area contributed by atoms with Crippen molar-refractivity contribution >= 4 is 0 Å². The van der Waals surface area contributed by atoms with Gasteiger partial charge in [0.1, 0.15) is 0 Å². The molecule has 0 bridgehead atoms. The second-order valence-corrected chi connectivity index (χ2v) is 6.90. The van der Waals surface area contributed by atoms with Crippen LogP contribution in [0.4, 0.5) is 0 Å². The van der Waals surface area contributed by atoms with Gasteiger partial charge in [0.2, 0.25) is 5.89 Å². The molecule has 2 atom stereocenters. The number of hydrogen-bond acceptors (Lipinski definition) is 4. The molecule has 0 radical (unpaired) electrons. The van der Waals surface area contributed by atoms with Gasteiger partial charge in [-0.15, -0.1) is 0 Å². The Balaban J connectivity index is 2.86. The molecule has 1 aromatic heterocycles. The summed E-state index contributed by atoms with van der Waals surface area (Å²) in [6, 6.07) is 0.341. The molecule has 1 heterocycles. The monoisotopic (exact) mass is 267 g/mol. The Kier molecular flexibility index (Phi) is 5.53. The van der Waals surface area contributed by atoms with Crippen molar-refractivity contribution in [3.05, 3.63) is 11.7 Å². The predicted octanol–water partition coefficient (Wildman–Crippen LogP) is 3.40. The van der Waals surface area contributed by atoms with Crippen LogP contribution in [0.1, 0.15) is 66.1 Å². The van der Waals surface area contributed by atoms with E-state index in [-0.39, 0.29) is 11.3 Å². The average Bonchev–Trinajstić information content (AvgIpc) is 2.63. The molecule has 0 saturated carbocycles. The van der Waals surface area contributed by atoms with Crippen LogP contribution in [0.2, 0.25) is 0 Å². The Morgan fingerprint density at radius 1 is 1.21 bits per heavy atom. The van der Waals surface area contributed by atoms with Crippen LogP contribution in [0.15, 0.2) is 4.52 Å². The smallest absolute Gasteiger partial charge is 0.231 e. The highest BCUT2D eigenvalue weighted by Gasteiger charge is 2.28. The predicted molar refractivity (Wildman–Crippen MR) is 78.2 cm³/mol. The Hall–Kier alpha value is -0.900. The number of aromatic nitrogens is 2. The molecule has 1 aromatic rings. The largest absolute Gasteiger partial charge is 0.339 e. The summed E-state index contributed by atoms with van der Waals surface area (Å²) in [6.07, 6.45) is 0.844. The van der Waals surface area contributed by atoms with Crippen LogP contribution in [0.5, 0.6) is 0 Å². The number of hydrogen-bond donors (Lipinski definition) is 1. The molecule has 4 nitrogen and oxygen atoms in total. The van der Waals surface area contributed by atoms with E-state index < -0.39 is 0 Å². The van der Waals surface area contributed by atoms with Gasteiger partial charge in [0.05, 0.1) is 5.92 Å². The van der Waals surface area contributed by atoms with Crippen LogP contribution >= 0.6 is 0 Å². The van der Waals surface area contributed by atoms with Crippen LogP contribution in [0, 0.1) is 11.3 Å². The van der Waals surface area contributed by atoms with E-state index in [2.05, 4.69) is 63.9 Å². The lowest BCUT2D eigenvalue weighted by Crippen LogP contribution is -2.34. The molecule has 0 aliphatic carbocycles. The minimum absolute atomic E-state index is 0.182. The molecule has 0 aliphatic heterocycles. The lowest BCUT2D eigenvalue weighted by Gasteiger charge is -2.24. The first-order chi connectivity index (χ1) is 8.74. The van der Waals surface area contributed by atoms with Crippen molar-refractivity contribution in [1.29, 1.82) is 0 Å². The van der Waals surface area contributed by atoms with E-state index in [9.17, 15) is 0 Å². The van der Waals surface area contributed by atoms with Gasteiger partial charge in [0.15, 0.2) is 5.82 Å². The summed E-state index contributed by atoms with van der Waals surface area (Å²) in [5.41, 5.74) is 0.182. The molecule has 2 unspecified atom stereocenters. The highest BCUT2D eigenvalue weighted by atomic mass is 16.5. The maximum Gasteiger partial charge on any atom is 0.231 e. The maximum absolute atomic E-state index is 5.50. The molecule has 0 fully saturated rings. The molecule has 0 aliphatic rings. The molecule has 0 aromatic carbocycles. The molecule has 1 rings (SSSR count). The molecule has 0 amide bonds. The number of rotatable bonds is 6. The highest BCUT2D eigenvalue weighted by Crippen LogP contribution is 2.28. The van der Waals surface area contributed by atoms with Gasteiger partial charge in [-0.05, 0) is 24.8 Å². The zero-order valence-electron chi connectivity index (χ0n) is 13.4. The second kappa shape index (κ2) is 6.51. The summed E-state index contributed by atoms with van der Waals surface area (Å²) in [5, 5.41) is 7.59. The van der Waals surface area contributed by atoms with Gasteiger partial charge in [-0.1, -0.05) is 46.7 Å². The fourth-order valence-corrected chi connectivity index (χ4v) is 2.47. The zero-order chi connectivity index (χ0) is 14.6. The van der Waals surface area contributed by atoms with Gasteiger partial charge in [-0.25, -0.2) is 0 Å². The van der Waals surface area contributed by atoms with Gasteiger partial charge in [-0.2, -0.15) is 4.98 Å². The Morgan fingerprint density at radius 2 is 1.84 bits per heavy atom. The van der Waals surface area contributed by atoms with Crippen molar-refractivity contribution in [2.45, 2.75) is 66.8 Å². The standard InChI is InChI=1S/C15H29N3O/c1-8-16-11(4)13(10(2)3)14-17-12(18-19-14)9-15(5,6)7/h10-11,13,16H,8-9H2,1-7H3. The summed E-state index contributed by atoms with van der Waals surface area (Å²) >= 11 is 0. The van der Waals surface area contributed by atoms with E-state index in [1.54, 1.807) is 0 Å². The van der Waals surface area contributed by atoms with Gasteiger partial charge in [-0.3, -0.25) is 0 Å².